The van der Waals surface area contributed by atoms with Crippen LogP contribution in [-0.4, -0.2) is 42.0 Å². The lowest BCUT2D eigenvalue weighted by Crippen LogP contribution is -2.14. The first-order chi connectivity index (χ1) is 14.5. The number of carbonyl (C=O) groups is 2. The van der Waals surface area contributed by atoms with Crippen LogP contribution in [0.25, 0.3) is 0 Å². The van der Waals surface area contributed by atoms with E-state index in [2.05, 4.69) is 20.8 Å². The van der Waals surface area contributed by atoms with Gasteiger partial charge in [-0.15, -0.1) is 10.2 Å². The average molecular weight is 449 g/mol. The van der Waals surface area contributed by atoms with E-state index < -0.39 is 11.7 Å². The third-order valence-corrected chi connectivity index (χ3v) is 5.73. The van der Waals surface area contributed by atoms with Gasteiger partial charge in [0.15, 0.2) is 4.34 Å². The van der Waals surface area contributed by atoms with Crippen molar-refractivity contribution in [1.82, 2.24) is 10.2 Å². The minimum absolute atomic E-state index is 0.0112. The molecule has 0 spiro atoms. The number of nitrogens with zero attached hydrogens (tertiary/aromatic N) is 2. The van der Waals surface area contributed by atoms with Crippen molar-refractivity contribution in [3.63, 3.8) is 0 Å². The van der Waals surface area contributed by atoms with Crippen molar-refractivity contribution in [3.8, 4) is 11.5 Å². The summed E-state index contributed by atoms with van der Waals surface area (Å²) in [5, 5.41) is 13.2. The van der Waals surface area contributed by atoms with E-state index in [9.17, 15) is 14.0 Å². The summed E-state index contributed by atoms with van der Waals surface area (Å²) in [6.07, 6.45) is 0. The van der Waals surface area contributed by atoms with Crippen molar-refractivity contribution in [2.45, 2.75) is 4.34 Å². The highest BCUT2D eigenvalue weighted by atomic mass is 32.2. The van der Waals surface area contributed by atoms with Gasteiger partial charge in [-0.3, -0.25) is 14.9 Å². The fourth-order valence-electron chi connectivity index (χ4n) is 2.43. The van der Waals surface area contributed by atoms with Gasteiger partial charge in [0.1, 0.15) is 22.9 Å². The molecule has 0 saturated carbocycles. The second-order valence-electron chi connectivity index (χ2n) is 5.68. The van der Waals surface area contributed by atoms with Crippen LogP contribution in [-0.2, 0) is 4.79 Å². The summed E-state index contributed by atoms with van der Waals surface area (Å²) < 4.78 is 24.5. The quantitative estimate of drug-likeness (QED) is 0.400. The molecule has 1 heterocycles. The number of aromatic nitrogens is 2. The molecule has 2 amide bonds. The predicted octanol–water partition coefficient (Wildman–Crippen LogP) is 3.68. The van der Waals surface area contributed by atoms with E-state index in [0.29, 0.717) is 15.8 Å². The minimum Gasteiger partial charge on any atom is -0.496 e. The number of nitrogens with one attached hydrogen (secondary N) is 2. The Kier molecular flexibility index (Phi) is 7.20. The lowest BCUT2D eigenvalue weighted by atomic mass is 10.1. The average Bonchev–Trinajstić information content (AvgIpc) is 3.20. The van der Waals surface area contributed by atoms with E-state index in [0.717, 1.165) is 23.1 Å². The molecule has 1 aromatic heterocycles. The molecule has 0 bridgehead atoms. The van der Waals surface area contributed by atoms with Crippen LogP contribution in [0.5, 0.6) is 11.5 Å². The normalized spacial score (nSPS) is 10.4. The van der Waals surface area contributed by atoms with Gasteiger partial charge in [0, 0.05) is 0 Å². The Bertz CT molecular complexity index is 1040. The van der Waals surface area contributed by atoms with E-state index in [4.69, 9.17) is 9.47 Å². The smallest absolute Gasteiger partial charge is 0.265 e. The highest BCUT2D eigenvalue weighted by Crippen LogP contribution is 2.31. The Balaban J connectivity index is 1.60. The standard InChI is InChI=1S/C19H17FN4O4S2/c1-27-13-8-5-9-14(28-2)16(13)17(26)22-18-23-24-19(30-18)29-10-15(25)21-12-7-4-3-6-11(12)20/h3-9H,10H2,1-2H3,(H,21,25)(H,22,23,26). The van der Waals surface area contributed by atoms with Crippen LogP contribution in [0, 0.1) is 5.82 Å². The summed E-state index contributed by atoms with van der Waals surface area (Å²) >= 11 is 2.23. The zero-order chi connectivity index (χ0) is 21.5. The number of carbonyl (C=O) groups excluding carboxylic acids is 2. The summed E-state index contributed by atoms with van der Waals surface area (Å²) in [7, 11) is 2.91. The van der Waals surface area contributed by atoms with E-state index in [-0.39, 0.29) is 28.0 Å². The Hall–Kier alpha value is -3.18. The Morgan fingerprint density at radius 1 is 1.03 bits per heavy atom. The third-order valence-electron chi connectivity index (χ3n) is 3.76. The van der Waals surface area contributed by atoms with Crippen LogP contribution < -0.4 is 20.1 Å². The molecule has 0 saturated heterocycles. The fraction of sp³-hybridized carbons (Fsp3) is 0.158. The van der Waals surface area contributed by atoms with Crippen molar-refractivity contribution in [2.75, 3.05) is 30.6 Å². The van der Waals surface area contributed by atoms with Crippen LogP contribution in [0.2, 0.25) is 0 Å². The molecule has 3 aromatic rings. The van der Waals surface area contributed by atoms with E-state index in [1.165, 1.54) is 32.4 Å². The van der Waals surface area contributed by atoms with Crippen LogP contribution in [0.15, 0.2) is 46.8 Å². The molecule has 0 atom stereocenters. The van der Waals surface area contributed by atoms with E-state index in [1.54, 1.807) is 24.3 Å². The number of rotatable bonds is 8. The van der Waals surface area contributed by atoms with Crippen LogP contribution in [0.3, 0.4) is 0 Å². The highest BCUT2D eigenvalue weighted by molar-refractivity contribution is 8.01. The SMILES string of the molecule is COc1cccc(OC)c1C(=O)Nc1nnc(SCC(=O)Nc2ccccc2F)s1. The van der Waals surface area contributed by atoms with E-state index >= 15 is 0 Å². The molecule has 0 unspecified atom stereocenters. The molecule has 11 heteroatoms. The summed E-state index contributed by atoms with van der Waals surface area (Å²) in [6.45, 7) is 0. The number of methoxy groups -OCH3 is 2. The number of para-hydroxylation sites is 1. The summed E-state index contributed by atoms with van der Waals surface area (Å²) in [4.78, 5) is 24.7. The number of amides is 2. The number of anilines is 2. The second-order valence-corrected chi connectivity index (χ2v) is 7.88. The molecule has 0 fully saturated rings. The highest BCUT2D eigenvalue weighted by Gasteiger charge is 2.20. The topological polar surface area (TPSA) is 102 Å². The van der Waals surface area contributed by atoms with Crippen molar-refractivity contribution >= 4 is 45.7 Å². The largest absolute Gasteiger partial charge is 0.496 e. The Morgan fingerprint density at radius 3 is 2.40 bits per heavy atom. The van der Waals surface area contributed by atoms with Crippen LogP contribution >= 0.6 is 23.1 Å². The second kappa shape index (κ2) is 10.0. The zero-order valence-corrected chi connectivity index (χ0v) is 17.6. The number of halogens is 1. The fourth-order valence-corrected chi connectivity index (χ4v) is 3.98. The molecule has 8 nitrogen and oxygen atoms in total. The molecule has 2 N–H and O–H groups in total. The lowest BCUT2D eigenvalue weighted by Gasteiger charge is -2.11. The van der Waals surface area contributed by atoms with Crippen molar-refractivity contribution in [3.05, 3.63) is 53.8 Å². The number of benzene rings is 2. The van der Waals surface area contributed by atoms with Gasteiger partial charge in [-0.05, 0) is 24.3 Å². The zero-order valence-electron chi connectivity index (χ0n) is 16.0. The van der Waals surface area contributed by atoms with Gasteiger partial charge < -0.3 is 14.8 Å². The number of thioether (sulfide) groups is 1. The van der Waals surface area contributed by atoms with Gasteiger partial charge in [-0.1, -0.05) is 41.3 Å². The maximum Gasteiger partial charge on any atom is 0.265 e. The summed E-state index contributed by atoms with van der Waals surface area (Å²) in [5.74, 6) is -0.633. The molecule has 0 aliphatic carbocycles. The molecule has 0 radical (unpaired) electrons. The van der Waals surface area contributed by atoms with Gasteiger partial charge in [-0.2, -0.15) is 0 Å². The summed E-state index contributed by atoms with van der Waals surface area (Å²) in [6, 6.07) is 10.9. The maximum atomic E-state index is 13.6. The lowest BCUT2D eigenvalue weighted by molar-refractivity contribution is -0.113. The first-order valence-corrected chi connectivity index (χ1v) is 10.3. The monoisotopic (exact) mass is 448 g/mol. The van der Waals surface area contributed by atoms with Gasteiger partial charge in [0.2, 0.25) is 11.0 Å². The van der Waals surface area contributed by atoms with Crippen LogP contribution in [0.1, 0.15) is 10.4 Å². The van der Waals surface area contributed by atoms with Gasteiger partial charge in [0.05, 0.1) is 25.7 Å². The molecule has 0 aliphatic heterocycles. The molecule has 3 rings (SSSR count). The molecular formula is C19H17FN4O4S2. The summed E-state index contributed by atoms with van der Waals surface area (Å²) in [5.41, 5.74) is 0.343. The maximum absolute atomic E-state index is 13.6. The first kappa shape index (κ1) is 21.5. The molecule has 0 aliphatic rings. The number of hydrogen-bond acceptors (Lipinski definition) is 8. The third kappa shape index (κ3) is 5.24. The van der Waals surface area contributed by atoms with Crippen molar-refractivity contribution < 1.29 is 23.5 Å². The Labute approximate surface area is 179 Å². The first-order valence-electron chi connectivity index (χ1n) is 8.55. The molecule has 2 aromatic carbocycles. The van der Waals surface area contributed by atoms with Crippen molar-refractivity contribution in [2.24, 2.45) is 0 Å². The van der Waals surface area contributed by atoms with Crippen LogP contribution in [0.4, 0.5) is 15.2 Å². The van der Waals surface area contributed by atoms with Gasteiger partial charge >= 0.3 is 0 Å². The van der Waals surface area contributed by atoms with Gasteiger partial charge in [-0.25, -0.2) is 4.39 Å². The molecule has 156 valence electrons. The molecular weight excluding hydrogens is 431 g/mol. The minimum atomic E-state index is -0.511. The van der Waals surface area contributed by atoms with Crippen molar-refractivity contribution in [1.29, 1.82) is 0 Å². The Morgan fingerprint density at radius 2 is 1.73 bits per heavy atom. The number of ether oxygens (including phenoxy) is 2. The number of hydrogen-bond donors (Lipinski definition) is 2. The predicted molar refractivity (Wildman–Crippen MR) is 113 cm³/mol. The molecule has 30 heavy (non-hydrogen) atoms. The van der Waals surface area contributed by atoms with E-state index in [1.807, 2.05) is 0 Å². The van der Waals surface area contributed by atoms with Gasteiger partial charge in [0.25, 0.3) is 5.91 Å².